The highest BCUT2D eigenvalue weighted by Crippen LogP contribution is 2.22. The second kappa shape index (κ2) is 6.18. The molecule has 0 atom stereocenters. The van der Waals surface area contributed by atoms with Crippen LogP contribution in [0.4, 0.5) is 10.1 Å². The summed E-state index contributed by atoms with van der Waals surface area (Å²) >= 11 is 3.42. The van der Waals surface area contributed by atoms with E-state index < -0.39 is 0 Å². The van der Waals surface area contributed by atoms with E-state index in [0.717, 1.165) is 10.0 Å². The van der Waals surface area contributed by atoms with Gasteiger partial charge in [-0.1, -0.05) is 28.1 Å². The maximum Gasteiger partial charge on any atom is 0.258 e. The normalized spacial score (nSPS) is 10.4. The molecule has 0 N–H and O–H groups in total. The number of benzene rings is 2. The number of hydrogen-bond donors (Lipinski definition) is 0. The van der Waals surface area contributed by atoms with Crippen molar-refractivity contribution >= 4 is 27.5 Å². The van der Waals surface area contributed by atoms with Gasteiger partial charge in [0.25, 0.3) is 5.91 Å². The summed E-state index contributed by atoms with van der Waals surface area (Å²) in [7, 11) is 0. The third-order valence-electron chi connectivity index (χ3n) is 3.10. The molecule has 0 aliphatic rings. The van der Waals surface area contributed by atoms with Crippen molar-refractivity contribution in [3.8, 4) is 0 Å². The minimum absolute atomic E-state index is 0.140. The molecule has 2 nitrogen and oxygen atoms in total. The fraction of sp³-hybridized carbons (Fsp3) is 0.188. The molecule has 0 spiro atoms. The van der Waals surface area contributed by atoms with Crippen LogP contribution in [0.15, 0.2) is 46.9 Å². The van der Waals surface area contributed by atoms with Gasteiger partial charge in [0.1, 0.15) is 5.82 Å². The number of carbonyl (C=O) groups excluding carboxylic acids is 1. The summed E-state index contributed by atoms with van der Waals surface area (Å²) in [5, 5.41) is 0. The van der Waals surface area contributed by atoms with Gasteiger partial charge in [0.05, 0.1) is 0 Å². The van der Waals surface area contributed by atoms with E-state index in [1.807, 2.05) is 19.9 Å². The standard InChI is InChI=1S/C16H15BrFNO/c1-3-19(14-6-4-5-13(18)10-14)16(20)12-8-7-11(2)15(17)9-12/h4-10H,3H2,1-2H3. The van der Waals surface area contributed by atoms with Crippen LogP contribution >= 0.6 is 15.9 Å². The molecule has 0 unspecified atom stereocenters. The average molecular weight is 336 g/mol. The summed E-state index contributed by atoms with van der Waals surface area (Å²) in [5.41, 5.74) is 2.21. The topological polar surface area (TPSA) is 20.3 Å². The predicted octanol–water partition coefficient (Wildman–Crippen LogP) is 4.56. The Bertz CT molecular complexity index is 642. The lowest BCUT2D eigenvalue weighted by Gasteiger charge is -2.21. The highest BCUT2D eigenvalue weighted by atomic mass is 79.9. The number of halogens is 2. The zero-order chi connectivity index (χ0) is 14.7. The predicted molar refractivity (Wildman–Crippen MR) is 82.6 cm³/mol. The van der Waals surface area contributed by atoms with Crippen molar-refractivity contribution in [2.75, 3.05) is 11.4 Å². The minimum Gasteiger partial charge on any atom is -0.309 e. The first-order valence-electron chi connectivity index (χ1n) is 6.36. The Balaban J connectivity index is 2.36. The molecule has 20 heavy (non-hydrogen) atoms. The molecule has 4 heteroatoms. The van der Waals surface area contributed by atoms with Crippen LogP contribution in [0.2, 0.25) is 0 Å². The molecular formula is C16H15BrFNO. The Labute approximate surface area is 126 Å². The first-order valence-corrected chi connectivity index (χ1v) is 7.16. The van der Waals surface area contributed by atoms with Crippen LogP contribution in [0.5, 0.6) is 0 Å². The summed E-state index contributed by atoms with van der Waals surface area (Å²) in [6, 6.07) is 11.5. The Morgan fingerprint density at radius 3 is 2.60 bits per heavy atom. The fourth-order valence-electron chi connectivity index (χ4n) is 1.97. The van der Waals surface area contributed by atoms with E-state index in [0.29, 0.717) is 17.8 Å². The summed E-state index contributed by atoms with van der Waals surface area (Å²) < 4.78 is 14.2. The van der Waals surface area contributed by atoms with Crippen molar-refractivity contribution in [1.29, 1.82) is 0 Å². The molecule has 0 aromatic heterocycles. The molecule has 1 amide bonds. The zero-order valence-electron chi connectivity index (χ0n) is 11.4. The van der Waals surface area contributed by atoms with Gasteiger partial charge < -0.3 is 4.90 Å². The molecule has 104 valence electrons. The van der Waals surface area contributed by atoms with Crippen LogP contribution in [-0.2, 0) is 0 Å². The molecule has 2 aromatic carbocycles. The number of nitrogens with zero attached hydrogens (tertiary/aromatic N) is 1. The third-order valence-corrected chi connectivity index (χ3v) is 3.95. The first kappa shape index (κ1) is 14.7. The lowest BCUT2D eigenvalue weighted by molar-refractivity contribution is 0.0988. The van der Waals surface area contributed by atoms with E-state index in [4.69, 9.17) is 0 Å². The van der Waals surface area contributed by atoms with E-state index in [1.165, 1.54) is 12.1 Å². The van der Waals surface area contributed by atoms with Crippen LogP contribution in [-0.4, -0.2) is 12.5 Å². The average Bonchev–Trinajstić information content (AvgIpc) is 2.42. The maximum absolute atomic E-state index is 13.3. The molecular weight excluding hydrogens is 321 g/mol. The van der Waals surface area contributed by atoms with E-state index in [9.17, 15) is 9.18 Å². The molecule has 2 rings (SSSR count). The highest BCUT2D eigenvalue weighted by Gasteiger charge is 2.17. The summed E-state index contributed by atoms with van der Waals surface area (Å²) in [6.45, 7) is 4.31. The lowest BCUT2D eigenvalue weighted by Crippen LogP contribution is -2.30. The van der Waals surface area contributed by atoms with Crippen molar-refractivity contribution in [3.05, 3.63) is 63.9 Å². The number of anilines is 1. The van der Waals surface area contributed by atoms with Gasteiger partial charge in [-0.25, -0.2) is 4.39 Å². The van der Waals surface area contributed by atoms with E-state index in [2.05, 4.69) is 15.9 Å². The summed E-state index contributed by atoms with van der Waals surface area (Å²) in [5.74, 6) is -0.488. The molecule has 0 saturated carbocycles. The van der Waals surface area contributed by atoms with Crippen LogP contribution in [0.25, 0.3) is 0 Å². The van der Waals surface area contributed by atoms with Crippen LogP contribution in [0.1, 0.15) is 22.8 Å². The van der Waals surface area contributed by atoms with Gasteiger partial charge in [0.2, 0.25) is 0 Å². The second-order valence-electron chi connectivity index (χ2n) is 4.49. The number of aryl methyl sites for hydroxylation is 1. The smallest absolute Gasteiger partial charge is 0.258 e. The second-order valence-corrected chi connectivity index (χ2v) is 5.35. The van der Waals surface area contributed by atoms with Crippen molar-refractivity contribution in [1.82, 2.24) is 0 Å². The first-order chi connectivity index (χ1) is 9.52. The molecule has 0 aliphatic heterocycles. The van der Waals surface area contributed by atoms with E-state index in [1.54, 1.807) is 29.2 Å². The summed E-state index contributed by atoms with van der Waals surface area (Å²) in [6.07, 6.45) is 0. The Kier molecular flexibility index (Phi) is 4.55. The van der Waals surface area contributed by atoms with Gasteiger partial charge in [-0.3, -0.25) is 4.79 Å². The fourth-order valence-corrected chi connectivity index (χ4v) is 2.35. The quantitative estimate of drug-likeness (QED) is 0.804. The largest absolute Gasteiger partial charge is 0.309 e. The van der Waals surface area contributed by atoms with Gasteiger partial charge in [0, 0.05) is 22.3 Å². The maximum atomic E-state index is 13.3. The third kappa shape index (κ3) is 3.07. The molecule has 0 aliphatic carbocycles. The Hall–Kier alpha value is -1.68. The van der Waals surface area contributed by atoms with Crippen molar-refractivity contribution < 1.29 is 9.18 Å². The number of carbonyl (C=O) groups is 1. The number of hydrogen-bond acceptors (Lipinski definition) is 1. The molecule has 0 saturated heterocycles. The van der Waals surface area contributed by atoms with E-state index >= 15 is 0 Å². The molecule has 0 fully saturated rings. The number of amides is 1. The monoisotopic (exact) mass is 335 g/mol. The highest BCUT2D eigenvalue weighted by molar-refractivity contribution is 9.10. The van der Waals surface area contributed by atoms with Crippen LogP contribution in [0.3, 0.4) is 0 Å². The van der Waals surface area contributed by atoms with Gasteiger partial charge >= 0.3 is 0 Å². The number of rotatable bonds is 3. The van der Waals surface area contributed by atoms with Gasteiger partial charge in [-0.15, -0.1) is 0 Å². The lowest BCUT2D eigenvalue weighted by atomic mass is 10.1. The van der Waals surface area contributed by atoms with Crippen LogP contribution < -0.4 is 4.90 Å². The Morgan fingerprint density at radius 2 is 2.00 bits per heavy atom. The summed E-state index contributed by atoms with van der Waals surface area (Å²) in [4.78, 5) is 14.1. The zero-order valence-corrected chi connectivity index (χ0v) is 12.9. The molecule has 0 heterocycles. The van der Waals surface area contributed by atoms with Gasteiger partial charge in [-0.05, 0) is 49.7 Å². The van der Waals surface area contributed by atoms with Crippen molar-refractivity contribution in [2.24, 2.45) is 0 Å². The van der Waals surface area contributed by atoms with Crippen LogP contribution in [0, 0.1) is 12.7 Å². The molecule has 0 radical (unpaired) electrons. The van der Waals surface area contributed by atoms with Crippen molar-refractivity contribution in [3.63, 3.8) is 0 Å². The van der Waals surface area contributed by atoms with Gasteiger partial charge in [0.15, 0.2) is 0 Å². The molecule has 2 aromatic rings. The SMILES string of the molecule is CCN(C(=O)c1ccc(C)c(Br)c1)c1cccc(F)c1. The Morgan fingerprint density at radius 1 is 1.25 bits per heavy atom. The minimum atomic E-state index is -0.348. The van der Waals surface area contributed by atoms with Gasteiger partial charge in [-0.2, -0.15) is 0 Å². The molecule has 0 bridgehead atoms. The van der Waals surface area contributed by atoms with E-state index in [-0.39, 0.29) is 11.7 Å². The van der Waals surface area contributed by atoms with Crippen molar-refractivity contribution in [2.45, 2.75) is 13.8 Å².